The Balaban J connectivity index is 1.38. The van der Waals surface area contributed by atoms with E-state index in [1.54, 1.807) is 36.4 Å². The van der Waals surface area contributed by atoms with Crippen LogP contribution in [0.1, 0.15) is 45.7 Å². The molecular weight excluding hydrogens is 467 g/mol. The Morgan fingerprint density at radius 1 is 0.595 bits per heavy atom. The van der Waals surface area contributed by atoms with Crippen LogP contribution in [0.15, 0.2) is 97.1 Å². The highest BCUT2D eigenvalue weighted by Gasteiger charge is 2.15. The number of ketones is 2. The van der Waals surface area contributed by atoms with Gasteiger partial charge in [0.15, 0.2) is 11.6 Å². The van der Waals surface area contributed by atoms with Gasteiger partial charge in [0.2, 0.25) is 0 Å². The summed E-state index contributed by atoms with van der Waals surface area (Å²) in [5.74, 6) is 1.53. The van der Waals surface area contributed by atoms with Gasteiger partial charge in [-0.2, -0.15) is 0 Å². The summed E-state index contributed by atoms with van der Waals surface area (Å²) in [7, 11) is -0.186. The molecule has 0 bridgehead atoms. The summed E-state index contributed by atoms with van der Waals surface area (Å²) < 4.78 is 23.1. The molecule has 0 fully saturated rings. The molecule has 0 aliphatic rings. The highest BCUT2D eigenvalue weighted by Crippen LogP contribution is 2.28. The smallest absolute Gasteiger partial charge is 0.528 e. The van der Waals surface area contributed by atoms with Crippen molar-refractivity contribution < 1.29 is 28.4 Å². The largest absolute Gasteiger partial charge is 0.576 e. The van der Waals surface area contributed by atoms with Crippen molar-refractivity contribution in [3.8, 4) is 23.0 Å². The van der Waals surface area contributed by atoms with Gasteiger partial charge in [-0.3, -0.25) is 9.59 Å². The summed E-state index contributed by atoms with van der Waals surface area (Å²) >= 11 is 0. The third-order valence-corrected chi connectivity index (χ3v) is 5.59. The van der Waals surface area contributed by atoms with Gasteiger partial charge in [-0.25, -0.2) is 0 Å². The molecule has 0 aliphatic carbocycles. The number of rotatable bonds is 12. The first-order valence-electron chi connectivity index (χ1n) is 11.9. The predicted octanol–water partition coefficient (Wildman–Crippen LogP) is 5.97. The lowest BCUT2D eigenvalue weighted by Crippen LogP contribution is -2.14. The van der Waals surface area contributed by atoms with Crippen molar-refractivity contribution in [2.45, 2.75) is 27.1 Å². The molecular formula is C30H27BO6. The number of carbonyl (C=O) groups is 2. The number of benzene rings is 4. The Morgan fingerprint density at radius 3 is 1.38 bits per heavy atom. The van der Waals surface area contributed by atoms with Gasteiger partial charge in [-0.15, -0.1) is 0 Å². The van der Waals surface area contributed by atoms with Crippen LogP contribution in [0.5, 0.6) is 23.0 Å². The maximum atomic E-state index is 12.2. The molecule has 0 N–H and O–H groups in total. The SMILES string of the molecule is CC(=O)c1cc(OCc2ccccc2)ccc1OBOc1ccc(OCc2ccccc2)cc1C(C)=O. The maximum Gasteiger partial charge on any atom is 0.576 e. The van der Waals surface area contributed by atoms with E-state index < -0.39 is 0 Å². The minimum Gasteiger partial charge on any atom is -0.528 e. The molecule has 0 heterocycles. The van der Waals surface area contributed by atoms with Gasteiger partial charge in [-0.05, 0) is 61.4 Å². The predicted molar refractivity (Wildman–Crippen MR) is 143 cm³/mol. The van der Waals surface area contributed by atoms with Crippen LogP contribution >= 0.6 is 0 Å². The molecule has 0 unspecified atom stereocenters. The van der Waals surface area contributed by atoms with Gasteiger partial charge in [0.25, 0.3) is 0 Å². The normalized spacial score (nSPS) is 10.3. The fraction of sp³-hybridized carbons (Fsp3) is 0.133. The molecule has 4 aromatic carbocycles. The standard InChI is InChI=1S/C30H27BO6/c1-21(32)27-17-25(34-19-23-9-5-3-6-10-23)13-15-29(27)36-31-37-30-16-14-26(18-28(30)22(2)33)35-20-24-11-7-4-8-12-24/h3-18,31H,19-20H2,1-2H3. The minimum absolute atomic E-state index is 0.162. The van der Waals surface area contributed by atoms with Gasteiger partial charge in [0.05, 0.1) is 11.1 Å². The second kappa shape index (κ2) is 12.4. The fourth-order valence-electron chi connectivity index (χ4n) is 3.64. The molecule has 4 aromatic rings. The van der Waals surface area contributed by atoms with Crippen molar-refractivity contribution >= 4 is 19.3 Å². The quantitative estimate of drug-likeness (QED) is 0.178. The van der Waals surface area contributed by atoms with E-state index in [4.69, 9.17) is 18.8 Å². The lowest BCUT2D eigenvalue weighted by Gasteiger charge is -2.15. The molecule has 6 nitrogen and oxygen atoms in total. The second-order valence-electron chi connectivity index (χ2n) is 8.38. The van der Waals surface area contributed by atoms with E-state index in [-0.39, 0.29) is 19.3 Å². The van der Waals surface area contributed by atoms with Crippen molar-refractivity contribution in [3.05, 3.63) is 119 Å². The zero-order chi connectivity index (χ0) is 26.0. The van der Waals surface area contributed by atoms with Crippen LogP contribution in [-0.4, -0.2) is 19.3 Å². The highest BCUT2D eigenvalue weighted by molar-refractivity contribution is 6.21. The van der Waals surface area contributed by atoms with Crippen LogP contribution in [0.2, 0.25) is 0 Å². The molecule has 0 aromatic heterocycles. The lowest BCUT2D eigenvalue weighted by molar-refractivity contribution is 0.100. The summed E-state index contributed by atoms with van der Waals surface area (Å²) in [6.07, 6.45) is 0. The molecule has 4 rings (SSSR count). The minimum atomic E-state index is -0.186. The van der Waals surface area contributed by atoms with E-state index in [2.05, 4.69) is 0 Å². The number of carbonyl (C=O) groups excluding carboxylic acids is 2. The first kappa shape index (κ1) is 25.6. The van der Waals surface area contributed by atoms with Crippen LogP contribution in [0.4, 0.5) is 0 Å². The zero-order valence-corrected chi connectivity index (χ0v) is 20.8. The summed E-state index contributed by atoms with van der Waals surface area (Å²) in [6, 6.07) is 29.7. The molecule has 37 heavy (non-hydrogen) atoms. The van der Waals surface area contributed by atoms with Gasteiger partial charge in [-0.1, -0.05) is 60.7 Å². The lowest BCUT2D eigenvalue weighted by atomic mass is 10.1. The van der Waals surface area contributed by atoms with Gasteiger partial charge >= 0.3 is 7.69 Å². The Bertz CT molecular complexity index is 1250. The van der Waals surface area contributed by atoms with Gasteiger partial charge in [0.1, 0.15) is 36.2 Å². The third-order valence-electron chi connectivity index (χ3n) is 5.59. The summed E-state index contributed by atoms with van der Waals surface area (Å²) in [6.45, 7) is 3.71. The molecule has 7 heteroatoms. The van der Waals surface area contributed by atoms with Gasteiger partial charge < -0.3 is 18.8 Å². The van der Waals surface area contributed by atoms with Crippen LogP contribution in [0.3, 0.4) is 0 Å². The molecule has 0 saturated heterocycles. The van der Waals surface area contributed by atoms with Crippen molar-refractivity contribution in [2.24, 2.45) is 0 Å². The molecule has 0 aliphatic heterocycles. The Kier molecular flexibility index (Phi) is 8.60. The van der Waals surface area contributed by atoms with E-state index >= 15 is 0 Å². The topological polar surface area (TPSA) is 71.1 Å². The first-order chi connectivity index (χ1) is 18.0. The number of hydrogen-bond acceptors (Lipinski definition) is 6. The number of hydrogen-bond donors (Lipinski definition) is 0. The van der Waals surface area contributed by atoms with Crippen molar-refractivity contribution in [2.75, 3.05) is 0 Å². The summed E-state index contributed by atoms with van der Waals surface area (Å²) in [5.41, 5.74) is 2.81. The first-order valence-corrected chi connectivity index (χ1v) is 11.9. The Morgan fingerprint density at radius 2 is 1.00 bits per heavy atom. The highest BCUT2D eigenvalue weighted by atomic mass is 16.6. The van der Waals surface area contributed by atoms with Gasteiger partial charge in [0, 0.05) is 0 Å². The van der Waals surface area contributed by atoms with Crippen LogP contribution in [0.25, 0.3) is 0 Å². The van der Waals surface area contributed by atoms with E-state index in [9.17, 15) is 9.59 Å². The van der Waals surface area contributed by atoms with Crippen molar-refractivity contribution in [3.63, 3.8) is 0 Å². The van der Waals surface area contributed by atoms with E-state index in [1.165, 1.54) is 13.8 Å². The maximum absolute atomic E-state index is 12.2. The molecule has 0 radical (unpaired) electrons. The van der Waals surface area contributed by atoms with Crippen LogP contribution in [0, 0.1) is 0 Å². The molecule has 0 spiro atoms. The number of ether oxygens (including phenoxy) is 2. The average Bonchev–Trinajstić information content (AvgIpc) is 2.92. The number of Topliss-reactive ketones (excluding diaryl/α,β-unsaturated/α-hetero) is 2. The Hall–Kier alpha value is -4.52. The van der Waals surface area contributed by atoms with Crippen LogP contribution in [-0.2, 0) is 13.2 Å². The van der Waals surface area contributed by atoms with Crippen LogP contribution < -0.4 is 18.8 Å². The molecule has 0 atom stereocenters. The molecule has 0 saturated carbocycles. The third kappa shape index (κ3) is 7.24. The summed E-state index contributed by atoms with van der Waals surface area (Å²) in [4.78, 5) is 24.5. The average molecular weight is 494 g/mol. The van der Waals surface area contributed by atoms with E-state index in [0.29, 0.717) is 47.3 Å². The van der Waals surface area contributed by atoms with E-state index in [1.807, 2.05) is 60.7 Å². The van der Waals surface area contributed by atoms with E-state index in [0.717, 1.165) is 11.1 Å². The Labute approximate surface area is 217 Å². The van der Waals surface area contributed by atoms with Crippen molar-refractivity contribution in [1.82, 2.24) is 0 Å². The molecule has 186 valence electrons. The fourth-order valence-corrected chi connectivity index (χ4v) is 3.64. The zero-order valence-electron chi connectivity index (χ0n) is 20.8. The van der Waals surface area contributed by atoms with Crippen molar-refractivity contribution in [1.29, 1.82) is 0 Å². The molecule has 0 amide bonds. The summed E-state index contributed by atoms with van der Waals surface area (Å²) in [5, 5.41) is 0. The monoisotopic (exact) mass is 494 g/mol. The second-order valence-corrected chi connectivity index (χ2v) is 8.38.